The normalized spacial score (nSPS) is 10.9. The molecule has 2 aromatic carbocycles. The highest BCUT2D eigenvalue weighted by atomic mass is 35.5. The van der Waals surface area contributed by atoms with Crippen molar-refractivity contribution < 1.29 is 9.84 Å². The molecule has 0 atom stereocenters. The van der Waals surface area contributed by atoms with Crippen molar-refractivity contribution in [3.05, 3.63) is 59.2 Å². The molecule has 0 amide bonds. The Hall–Kier alpha value is -2.13. The van der Waals surface area contributed by atoms with E-state index in [1.54, 1.807) is 18.2 Å². The number of nitrogens with zero attached hydrogens (tertiary/aromatic N) is 1. The molecule has 1 aromatic heterocycles. The van der Waals surface area contributed by atoms with Crippen molar-refractivity contribution in [2.75, 3.05) is 0 Å². The van der Waals surface area contributed by atoms with Gasteiger partial charge >= 0.3 is 0 Å². The Labute approximate surface area is 122 Å². The van der Waals surface area contributed by atoms with E-state index in [2.05, 4.69) is 0 Å². The minimum absolute atomic E-state index is 0.261. The first-order chi connectivity index (χ1) is 9.65. The van der Waals surface area contributed by atoms with Crippen LogP contribution in [0.1, 0.15) is 5.69 Å². The van der Waals surface area contributed by atoms with Crippen LogP contribution in [0.15, 0.2) is 48.5 Å². The Kier molecular flexibility index (Phi) is 3.28. The second-order valence-corrected chi connectivity index (χ2v) is 5.06. The van der Waals surface area contributed by atoms with E-state index in [4.69, 9.17) is 16.3 Å². The Morgan fingerprint density at radius 3 is 2.75 bits per heavy atom. The average Bonchev–Trinajstić information content (AvgIpc) is 2.75. The number of aromatic hydroxyl groups is 1. The van der Waals surface area contributed by atoms with Gasteiger partial charge in [0.05, 0.1) is 16.2 Å². The maximum absolute atomic E-state index is 9.55. The first kappa shape index (κ1) is 12.9. The van der Waals surface area contributed by atoms with Gasteiger partial charge in [-0.05, 0) is 30.3 Å². The predicted octanol–water partition coefficient (Wildman–Crippen LogP) is 4.12. The molecule has 0 saturated carbocycles. The van der Waals surface area contributed by atoms with E-state index >= 15 is 0 Å². The second-order valence-electron chi connectivity index (χ2n) is 4.66. The molecule has 0 bridgehead atoms. The quantitative estimate of drug-likeness (QED) is 0.786. The molecule has 0 aliphatic rings. The topological polar surface area (TPSA) is 34.4 Å². The lowest BCUT2D eigenvalue weighted by Gasteiger charge is -2.08. The summed E-state index contributed by atoms with van der Waals surface area (Å²) < 4.78 is 7.75. The molecule has 102 valence electrons. The summed E-state index contributed by atoms with van der Waals surface area (Å²) in [4.78, 5) is 0. The molecule has 0 aliphatic heterocycles. The van der Waals surface area contributed by atoms with Crippen LogP contribution >= 0.6 is 11.6 Å². The lowest BCUT2D eigenvalue weighted by molar-refractivity contribution is 0.298. The highest BCUT2D eigenvalue weighted by Crippen LogP contribution is 2.26. The van der Waals surface area contributed by atoms with Gasteiger partial charge in [-0.1, -0.05) is 23.7 Å². The zero-order chi connectivity index (χ0) is 14.1. The number of para-hydroxylation sites is 1. The Morgan fingerprint density at radius 2 is 1.95 bits per heavy atom. The maximum Gasteiger partial charge on any atom is 0.138 e. The van der Waals surface area contributed by atoms with E-state index < -0.39 is 0 Å². The van der Waals surface area contributed by atoms with Crippen LogP contribution in [-0.2, 0) is 13.7 Å². The third-order valence-corrected chi connectivity index (χ3v) is 3.65. The number of benzene rings is 2. The molecule has 0 spiro atoms. The van der Waals surface area contributed by atoms with Crippen LogP contribution in [0.25, 0.3) is 10.9 Å². The van der Waals surface area contributed by atoms with Gasteiger partial charge in [0.2, 0.25) is 0 Å². The summed E-state index contributed by atoms with van der Waals surface area (Å²) in [7, 11) is 1.95. The molecular formula is C16H14ClNO2. The summed E-state index contributed by atoms with van der Waals surface area (Å²) >= 11 is 6.06. The van der Waals surface area contributed by atoms with Crippen molar-refractivity contribution in [3.63, 3.8) is 0 Å². The molecule has 3 nitrogen and oxygen atoms in total. The molecule has 0 aliphatic carbocycles. The van der Waals surface area contributed by atoms with Gasteiger partial charge in [-0.3, -0.25) is 0 Å². The maximum atomic E-state index is 9.55. The zero-order valence-electron chi connectivity index (χ0n) is 11.0. The number of aromatic nitrogens is 1. The lowest BCUT2D eigenvalue weighted by atomic mass is 10.2. The van der Waals surface area contributed by atoms with Crippen LogP contribution < -0.4 is 4.74 Å². The van der Waals surface area contributed by atoms with Crippen LogP contribution in [0.3, 0.4) is 0 Å². The average molecular weight is 288 g/mol. The predicted molar refractivity (Wildman–Crippen MR) is 80.4 cm³/mol. The number of phenolic OH excluding ortho intramolecular Hbond substituents is 1. The van der Waals surface area contributed by atoms with Gasteiger partial charge in [0, 0.05) is 18.5 Å². The number of halogens is 1. The van der Waals surface area contributed by atoms with Crippen LogP contribution in [-0.4, -0.2) is 9.67 Å². The number of fused-ring (bicyclic) bond motifs is 1. The van der Waals surface area contributed by atoms with Crippen molar-refractivity contribution in [2.45, 2.75) is 6.61 Å². The van der Waals surface area contributed by atoms with Gasteiger partial charge in [0.1, 0.15) is 18.1 Å². The Balaban J connectivity index is 1.88. The molecule has 3 aromatic rings. The molecule has 1 N–H and O–H groups in total. The van der Waals surface area contributed by atoms with Crippen molar-refractivity contribution in [3.8, 4) is 11.5 Å². The fraction of sp³-hybridized carbons (Fsp3) is 0.125. The van der Waals surface area contributed by atoms with Gasteiger partial charge in [-0.2, -0.15) is 0 Å². The molecule has 3 rings (SSSR count). The summed E-state index contributed by atoms with van der Waals surface area (Å²) in [5.41, 5.74) is 1.99. The Morgan fingerprint density at radius 1 is 1.15 bits per heavy atom. The summed E-state index contributed by atoms with van der Waals surface area (Å²) in [5, 5.41) is 11.2. The Bertz CT molecular complexity index is 764. The first-order valence-corrected chi connectivity index (χ1v) is 6.67. The lowest BCUT2D eigenvalue weighted by Crippen LogP contribution is -2.01. The number of ether oxygens (including phenoxy) is 1. The van der Waals surface area contributed by atoms with Gasteiger partial charge in [-0.15, -0.1) is 0 Å². The van der Waals surface area contributed by atoms with Crippen molar-refractivity contribution >= 4 is 22.5 Å². The largest absolute Gasteiger partial charge is 0.508 e. The fourth-order valence-corrected chi connectivity index (χ4v) is 2.42. The van der Waals surface area contributed by atoms with E-state index in [0.717, 1.165) is 16.6 Å². The molecule has 20 heavy (non-hydrogen) atoms. The zero-order valence-corrected chi connectivity index (χ0v) is 11.8. The standard InChI is InChI=1S/C16H14ClNO2/c1-18-12(8-11-6-7-13(19)9-15(11)18)10-20-16-5-3-2-4-14(16)17/h2-9,19H,10H2,1H3. The van der Waals surface area contributed by atoms with E-state index in [9.17, 15) is 5.11 Å². The van der Waals surface area contributed by atoms with Gasteiger partial charge < -0.3 is 14.4 Å². The molecule has 4 heteroatoms. The molecule has 1 heterocycles. The number of rotatable bonds is 3. The van der Waals surface area contributed by atoms with E-state index in [0.29, 0.717) is 17.4 Å². The smallest absolute Gasteiger partial charge is 0.138 e. The summed E-state index contributed by atoms with van der Waals surface area (Å²) in [5.74, 6) is 0.930. The number of hydrogen-bond donors (Lipinski definition) is 1. The van der Waals surface area contributed by atoms with Crippen LogP contribution in [0.5, 0.6) is 11.5 Å². The second kappa shape index (κ2) is 5.10. The van der Waals surface area contributed by atoms with Crippen LogP contribution in [0.2, 0.25) is 5.02 Å². The molecule has 0 unspecified atom stereocenters. The van der Waals surface area contributed by atoms with E-state index in [1.165, 1.54) is 0 Å². The summed E-state index contributed by atoms with van der Waals surface area (Å²) in [6.07, 6.45) is 0. The highest BCUT2D eigenvalue weighted by Gasteiger charge is 2.08. The van der Waals surface area contributed by atoms with Crippen molar-refractivity contribution in [2.24, 2.45) is 7.05 Å². The number of aryl methyl sites for hydroxylation is 1. The first-order valence-electron chi connectivity index (χ1n) is 6.30. The summed E-state index contributed by atoms with van der Waals surface area (Å²) in [6.45, 7) is 0.426. The third-order valence-electron chi connectivity index (χ3n) is 3.34. The minimum atomic E-state index is 0.261. The molecule has 0 fully saturated rings. The number of hydrogen-bond acceptors (Lipinski definition) is 2. The van der Waals surface area contributed by atoms with Crippen molar-refractivity contribution in [1.29, 1.82) is 0 Å². The molecule has 0 radical (unpaired) electrons. The molecule has 0 saturated heterocycles. The van der Waals surface area contributed by atoms with Crippen LogP contribution in [0.4, 0.5) is 0 Å². The van der Waals surface area contributed by atoms with Crippen LogP contribution in [0, 0.1) is 0 Å². The summed E-state index contributed by atoms with van der Waals surface area (Å²) in [6, 6.07) is 14.8. The van der Waals surface area contributed by atoms with Gasteiger partial charge in [-0.25, -0.2) is 0 Å². The van der Waals surface area contributed by atoms with E-state index in [-0.39, 0.29) is 5.75 Å². The molecular weight excluding hydrogens is 274 g/mol. The van der Waals surface area contributed by atoms with Gasteiger partial charge in [0.25, 0.3) is 0 Å². The SMILES string of the molecule is Cn1c(COc2ccccc2Cl)cc2ccc(O)cc21. The van der Waals surface area contributed by atoms with Crippen molar-refractivity contribution in [1.82, 2.24) is 4.57 Å². The monoisotopic (exact) mass is 287 g/mol. The third kappa shape index (κ3) is 2.32. The highest BCUT2D eigenvalue weighted by molar-refractivity contribution is 6.32. The van der Waals surface area contributed by atoms with Gasteiger partial charge in [0.15, 0.2) is 0 Å². The fourth-order valence-electron chi connectivity index (χ4n) is 2.23. The number of phenols is 1. The van der Waals surface area contributed by atoms with E-state index in [1.807, 2.05) is 41.9 Å². The minimum Gasteiger partial charge on any atom is -0.508 e.